The molecule has 10 nitrogen and oxygen atoms in total. The minimum atomic E-state index is -1.64. The average Bonchev–Trinajstić information content (AvgIpc) is 3.14. The number of carbonyl (C=O) groups is 2. The van der Waals surface area contributed by atoms with Crippen LogP contribution in [0.3, 0.4) is 0 Å². The predicted octanol–water partition coefficient (Wildman–Crippen LogP) is 1.83. The Morgan fingerprint density at radius 2 is 2.00 bits per heavy atom. The molecule has 3 heterocycles. The molecule has 3 rings (SSSR count). The van der Waals surface area contributed by atoms with Crippen LogP contribution in [0, 0.1) is 0 Å². The first-order chi connectivity index (χ1) is 13.6. The molecule has 0 saturated carbocycles. The Morgan fingerprint density at radius 1 is 1.31 bits per heavy atom. The van der Waals surface area contributed by atoms with Crippen molar-refractivity contribution in [1.82, 2.24) is 19.5 Å². The maximum atomic E-state index is 11.9. The number of hydrogen-bond donors (Lipinski definition) is 1. The summed E-state index contributed by atoms with van der Waals surface area (Å²) in [6, 6.07) is 0. The van der Waals surface area contributed by atoms with E-state index in [-0.39, 0.29) is 21.6 Å². The second kappa shape index (κ2) is 7.86. The van der Waals surface area contributed by atoms with Gasteiger partial charge in [-0.3, -0.25) is 14.2 Å². The van der Waals surface area contributed by atoms with Crippen LogP contribution in [0.2, 0.25) is 10.4 Å². The highest BCUT2D eigenvalue weighted by atomic mass is 35.5. The molecule has 1 fully saturated rings. The van der Waals surface area contributed by atoms with Crippen LogP contribution in [-0.4, -0.2) is 61.0 Å². The van der Waals surface area contributed by atoms with Crippen molar-refractivity contribution < 1.29 is 28.9 Å². The molecule has 4 atom stereocenters. The lowest BCUT2D eigenvalue weighted by atomic mass is 9.85. The molecule has 0 bridgehead atoms. The molecule has 156 valence electrons. The highest BCUT2D eigenvalue weighted by Gasteiger charge is 2.62. The van der Waals surface area contributed by atoms with Gasteiger partial charge in [0.2, 0.25) is 10.9 Å². The highest BCUT2D eigenvalue weighted by molar-refractivity contribution is 6.35. The first kappa shape index (κ1) is 21.4. The van der Waals surface area contributed by atoms with Crippen LogP contribution in [-0.2, 0) is 23.8 Å². The Kier molecular flexibility index (Phi) is 5.81. The van der Waals surface area contributed by atoms with Gasteiger partial charge in [0.05, 0.1) is 12.9 Å². The number of carbonyl (C=O) groups excluding carboxylic acids is 2. The molecule has 0 amide bonds. The zero-order chi connectivity index (χ0) is 21.5. The number of halogens is 2. The fourth-order valence-electron chi connectivity index (χ4n) is 3.46. The summed E-state index contributed by atoms with van der Waals surface area (Å²) in [5, 5.41) is 9.83. The van der Waals surface area contributed by atoms with Gasteiger partial charge < -0.3 is 19.3 Å². The van der Waals surface area contributed by atoms with Crippen LogP contribution in [0.25, 0.3) is 11.2 Å². The number of aliphatic hydroxyl groups excluding tert-OH is 1. The quantitative estimate of drug-likeness (QED) is 0.318. The van der Waals surface area contributed by atoms with Gasteiger partial charge in [-0.1, -0.05) is 18.2 Å². The lowest BCUT2D eigenvalue weighted by molar-refractivity contribution is -0.178. The van der Waals surface area contributed by atoms with Crippen LogP contribution < -0.4 is 0 Å². The fourth-order valence-corrected chi connectivity index (χ4v) is 3.88. The number of ether oxygens (including phenoxy) is 3. The number of nitrogens with zero attached hydrogens (tertiary/aromatic N) is 4. The topological polar surface area (TPSA) is 126 Å². The summed E-state index contributed by atoms with van der Waals surface area (Å²) < 4.78 is 18.4. The van der Waals surface area contributed by atoms with Crippen LogP contribution >= 0.6 is 23.2 Å². The molecule has 0 unspecified atom stereocenters. The summed E-state index contributed by atoms with van der Waals surface area (Å²) in [6.07, 6.45) is -2.02. The maximum Gasteiger partial charge on any atom is 0.303 e. The summed E-state index contributed by atoms with van der Waals surface area (Å²) in [6.45, 7) is 7.29. The first-order valence-corrected chi connectivity index (χ1v) is 9.22. The van der Waals surface area contributed by atoms with Crippen LogP contribution in [0.4, 0.5) is 0 Å². The van der Waals surface area contributed by atoms with E-state index in [2.05, 4.69) is 21.5 Å². The van der Waals surface area contributed by atoms with Crippen molar-refractivity contribution in [3.8, 4) is 0 Å². The molecule has 1 aliphatic rings. The van der Waals surface area contributed by atoms with Crippen molar-refractivity contribution in [2.24, 2.45) is 0 Å². The van der Waals surface area contributed by atoms with E-state index in [1.165, 1.54) is 24.7 Å². The van der Waals surface area contributed by atoms with E-state index in [0.717, 1.165) is 0 Å². The molecule has 0 aromatic carbocycles. The molecular formula is C17H18Cl2N4O6. The van der Waals surface area contributed by atoms with Gasteiger partial charge in [0.1, 0.15) is 11.6 Å². The van der Waals surface area contributed by atoms with E-state index in [0.29, 0.717) is 5.57 Å². The first-order valence-electron chi connectivity index (χ1n) is 8.46. The van der Waals surface area contributed by atoms with Crippen molar-refractivity contribution in [1.29, 1.82) is 0 Å². The summed E-state index contributed by atoms with van der Waals surface area (Å²) in [4.78, 5) is 35.9. The molecular weight excluding hydrogens is 427 g/mol. The number of imidazole rings is 1. The van der Waals surface area contributed by atoms with Gasteiger partial charge in [0, 0.05) is 13.8 Å². The number of aromatic nitrogens is 4. The zero-order valence-electron chi connectivity index (χ0n) is 15.8. The molecule has 29 heavy (non-hydrogen) atoms. The van der Waals surface area contributed by atoms with Crippen molar-refractivity contribution in [2.75, 3.05) is 6.61 Å². The lowest BCUT2D eigenvalue weighted by Gasteiger charge is -2.37. The van der Waals surface area contributed by atoms with Crippen LogP contribution in [0.1, 0.15) is 27.0 Å². The molecule has 1 aliphatic heterocycles. The van der Waals surface area contributed by atoms with E-state index in [4.69, 9.17) is 37.4 Å². The Balaban J connectivity index is 2.22. The van der Waals surface area contributed by atoms with E-state index in [1.54, 1.807) is 6.92 Å². The van der Waals surface area contributed by atoms with Gasteiger partial charge in [-0.15, -0.1) is 0 Å². The van der Waals surface area contributed by atoms with Gasteiger partial charge in [-0.05, 0) is 24.1 Å². The molecule has 1 N–H and O–H groups in total. The fraction of sp³-hybridized carbons (Fsp3) is 0.471. The van der Waals surface area contributed by atoms with Gasteiger partial charge >= 0.3 is 11.9 Å². The maximum absolute atomic E-state index is 11.9. The van der Waals surface area contributed by atoms with Gasteiger partial charge in [-0.25, -0.2) is 9.97 Å². The smallest absolute Gasteiger partial charge is 0.303 e. The molecule has 2 aromatic rings. The molecule has 0 radical (unpaired) electrons. The molecule has 1 saturated heterocycles. The molecule has 0 spiro atoms. The third-order valence-corrected chi connectivity index (χ3v) is 4.96. The predicted molar refractivity (Wildman–Crippen MR) is 101 cm³/mol. The second-order valence-corrected chi connectivity index (χ2v) is 7.20. The summed E-state index contributed by atoms with van der Waals surface area (Å²) in [5.41, 5.74) is -0.888. The largest absolute Gasteiger partial charge is 0.453 e. The van der Waals surface area contributed by atoms with E-state index in [9.17, 15) is 14.7 Å². The number of aliphatic hydroxyl groups is 1. The minimum absolute atomic E-state index is 0.0191. The Bertz CT molecular complexity index is 996. The van der Waals surface area contributed by atoms with Crippen molar-refractivity contribution >= 4 is 46.3 Å². The second-order valence-electron chi connectivity index (χ2n) is 6.50. The van der Waals surface area contributed by atoms with Gasteiger partial charge in [-0.2, -0.15) is 4.98 Å². The molecule has 12 heteroatoms. The number of fused-ring (bicyclic) bond motifs is 1. The summed E-state index contributed by atoms with van der Waals surface area (Å²) in [7, 11) is 0. The minimum Gasteiger partial charge on any atom is -0.453 e. The van der Waals surface area contributed by atoms with Crippen LogP contribution in [0.15, 0.2) is 18.5 Å². The number of hydrogen-bond acceptors (Lipinski definition) is 9. The third kappa shape index (κ3) is 3.57. The Hall–Kier alpha value is -2.27. The van der Waals surface area contributed by atoms with E-state index >= 15 is 0 Å². The summed E-state index contributed by atoms with van der Waals surface area (Å²) >= 11 is 12.0. The third-order valence-electron chi connectivity index (χ3n) is 4.53. The SMILES string of the molecule is C=C(C)[C@@]1(OC(C)=O)[C@@H](CO)O[C@@H](n2cnc3c(Cl)nc(Cl)nc32)[C@@H]1OC(C)=O. The highest BCUT2D eigenvalue weighted by Crippen LogP contribution is 2.46. The molecule has 2 aromatic heterocycles. The van der Waals surface area contributed by atoms with E-state index < -0.39 is 42.6 Å². The van der Waals surface area contributed by atoms with Crippen molar-refractivity contribution in [3.05, 3.63) is 28.9 Å². The van der Waals surface area contributed by atoms with Crippen molar-refractivity contribution in [3.63, 3.8) is 0 Å². The average molecular weight is 445 g/mol. The van der Waals surface area contributed by atoms with Gasteiger partial charge in [0.15, 0.2) is 23.1 Å². The van der Waals surface area contributed by atoms with E-state index in [1.807, 2.05) is 0 Å². The van der Waals surface area contributed by atoms with Crippen molar-refractivity contribution in [2.45, 2.75) is 44.8 Å². The monoisotopic (exact) mass is 444 g/mol. The summed E-state index contributed by atoms with van der Waals surface area (Å²) in [5.74, 6) is -1.33. The standard InChI is InChI=1S/C17H18Cl2N4O6/c1-7(2)17(29-9(4)26)10(5-24)28-15(12(17)27-8(3)25)23-6-20-11-13(18)21-16(19)22-14(11)23/h6,10,12,15,24H,1,5H2,2-4H3/t10-,12+,15-,17-/m1/s1. The Morgan fingerprint density at radius 3 is 2.55 bits per heavy atom. The normalized spacial score (nSPS) is 26.5. The molecule has 0 aliphatic carbocycles. The van der Waals surface area contributed by atoms with Gasteiger partial charge in [0.25, 0.3) is 0 Å². The zero-order valence-corrected chi connectivity index (χ0v) is 17.3. The lowest BCUT2D eigenvalue weighted by Crippen LogP contribution is -2.54. The Labute approximate surface area is 175 Å². The number of rotatable bonds is 5. The van der Waals surface area contributed by atoms with Crippen LogP contribution in [0.5, 0.6) is 0 Å². The number of esters is 2.